The number of hydrogen-bond acceptors (Lipinski definition) is 3. The monoisotopic (exact) mass is 352 g/mol. The lowest BCUT2D eigenvalue weighted by molar-refractivity contribution is 0.629. The van der Waals surface area contributed by atoms with Crippen LogP contribution in [0.3, 0.4) is 0 Å². The first-order chi connectivity index (χ1) is 13.2. The highest BCUT2D eigenvalue weighted by Gasteiger charge is 2.15. The van der Waals surface area contributed by atoms with Gasteiger partial charge in [-0.2, -0.15) is 0 Å². The van der Waals surface area contributed by atoms with Gasteiger partial charge in [-0.25, -0.2) is 24.2 Å². The molecule has 4 nitrogen and oxygen atoms in total. The molecule has 128 valence electrons. The van der Waals surface area contributed by atoms with Crippen molar-refractivity contribution in [3.63, 3.8) is 0 Å². The molecule has 0 aliphatic heterocycles. The lowest BCUT2D eigenvalue weighted by Crippen LogP contribution is -2.00. The lowest BCUT2D eigenvalue weighted by atomic mass is 10.1. The molecule has 4 aromatic rings. The summed E-state index contributed by atoms with van der Waals surface area (Å²) in [4.78, 5) is 17.1. The topological polar surface area (TPSA) is 43.0 Å². The van der Waals surface area contributed by atoms with Crippen LogP contribution in [0.5, 0.6) is 0 Å². The fourth-order valence-electron chi connectivity index (χ4n) is 2.72. The summed E-state index contributed by atoms with van der Waals surface area (Å²) >= 11 is 0. The summed E-state index contributed by atoms with van der Waals surface area (Å²) in [5.74, 6) is 0.874. The predicted molar refractivity (Wildman–Crippen MR) is 102 cm³/mol. The van der Waals surface area contributed by atoms with Crippen LogP contribution in [-0.2, 0) is 0 Å². The van der Waals surface area contributed by atoms with Crippen molar-refractivity contribution in [2.24, 2.45) is 0 Å². The molecule has 1 heterocycles. The highest BCUT2D eigenvalue weighted by molar-refractivity contribution is 5.76. The molecule has 0 unspecified atom stereocenters. The summed E-state index contributed by atoms with van der Waals surface area (Å²) in [6.45, 7) is 7.35. The molecule has 3 aromatic carbocycles. The zero-order valence-electron chi connectivity index (χ0n) is 14.2. The molecule has 0 saturated heterocycles. The van der Waals surface area contributed by atoms with Crippen LogP contribution in [0.4, 0.5) is 10.1 Å². The summed E-state index contributed by atoms with van der Waals surface area (Å²) in [6.07, 6.45) is 0. The van der Waals surface area contributed by atoms with Crippen molar-refractivity contribution in [2.75, 3.05) is 0 Å². The smallest absolute Gasteiger partial charge is 0.200 e. The van der Waals surface area contributed by atoms with E-state index >= 15 is 0 Å². The molecule has 0 bridgehead atoms. The Balaban J connectivity index is 1.96. The van der Waals surface area contributed by atoms with Gasteiger partial charge >= 0.3 is 0 Å². The zero-order valence-corrected chi connectivity index (χ0v) is 14.2. The Morgan fingerprint density at radius 1 is 0.667 bits per heavy atom. The lowest BCUT2D eigenvalue weighted by Gasteiger charge is -2.09. The molecule has 0 N–H and O–H groups in total. The van der Waals surface area contributed by atoms with Crippen molar-refractivity contribution < 1.29 is 4.39 Å². The van der Waals surface area contributed by atoms with Gasteiger partial charge in [-0.1, -0.05) is 66.7 Å². The minimum absolute atomic E-state index is 0.166. The average molecular weight is 352 g/mol. The van der Waals surface area contributed by atoms with E-state index in [0.29, 0.717) is 23.0 Å². The van der Waals surface area contributed by atoms with Crippen molar-refractivity contribution in [1.82, 2.24) is 15.0 Å². The van der Waals surface area contributed by atoms with E-state index in [1.54, 1.807) is 0 Å². The largest absolute Gasteiger partial charge is 0.237 e. The number of nitrogens with zero attached hydrogens (tertiary/aromatic N) is 4. The van der Waals surface area contributed by atoms with Crippen molar-refractivity contribution in [3.8, 4) is 34.2 Å². The number of benzene rings is 3. The van der Waals surface area contributed by atoms with Crippen LogP contribution in [0, 0.1) is 12.4 Å². The van der Waals surface area contributed by atoms with Gasteiger partial charge in [-0.3, -0.25) is 0 Å². The van der Waals surface area contributed by atoms with E-state index < -0.39 is 5.82 Å². The number of halogens is 1. The molecule has 0 aliphatic carbocycles. The maximum absolute atomic E-state index is 13.5. The molecule has 0 atom stereocenters. The van der Waals surface area contributed by atoms with Gasteiger partial charge in [-0.05, 0) is 12.1 Å². The first-order valence-electron chi connectivity index (χ1n) is 8.29. The standard InChI is InChI=1S/C22H13FN4/c1-24-19-14-17(23)12-13-18(19)22-26-20(15-8-4-2-5-9-15)25-21(27-22)16-10-6-3-7-11-16/h2-14H. The number of hydrogen-bond donors (Lipinski definition) is 0. The molecular weight excluding hydrogens is 339 g/mol. The molecule has 0 saturated carbocycles. The molecule has 27 heavy (non-hydrogen) atoms. The fraction of sp³-hybridized carbons (Fsp3) is 0. The quantitative estimate of drug-likeness (QED) is 0.453. The summed E-state index contributed by atoms with van der Waals surface area (Å²) in [6, 6.07) is 23.1. The molecule has 1 aromatic heterocycles. The van der Waals surface area contributed by atoms with Crippen LogP contribution >= 0.6 is 0 Å². The van der Waals surface area contributed by atoms with Gasteiger partial charge in [0.15, 0.2) is 17.5 Å². The third kappa shape index (κ3) is 3.42. The third-order valence-electron chi connectivity index (χ3n) is 4.02. The number of aromatic nitrogens is 3. The first kappa shape index (κ1) is 16.6. The SMILES string of the molecule is [C-]#[N+]c1cc(F)ccc1-c1nc(-c2ccccc2)nc(-c2ccccc2)n1. The molecular formula is C22H13FN4. The van der Waals surface area contributed by atoms with Gasteiger partial charge in [0.2, 0.25) is 5.69 Å². The summed E-state index contributed by atoms with van der Waals surface area (Å²) < 4.78 is 13.5. The minimum Gasteiger partial charge on any atom is -0.237 e. The molecule has 0 fully saturated rings. The van der Waals surface area contributed by atoms with Gasteiger partial charge < -0.3 is 0 Å². The summed E-state index contributed by atoms with van der Waals surface area (Å²) in [5, 5.41) is 0. The van der Waals surface area contributed by atoms with Crippen molar-refractivity contribution in [2.45, 2.75) is 0 Å². The second kappa shape index (κ2) is 7.14. The highest BCUT2D eigenvalue weighted by Crippen LogP contribution is 2.31. The van der Waals surface area contributed by atoms with Crippen LogP contribution in [0.25, 0.3) is 39.0 Å². The Kier molecular flexibility index (Phi) is 4.38. The molecule has 0 spiro atoms. The van der Waals surface area contributed by atoms with Crippen molar-refractivity contribution in [1.29, 1.82) is 0 Å². The Morgan fingerprint density at radius 2 is 1.19 bits per heavy atom. The highest BCUT2D eigenvalue weighted by atomic mass is 19.1. The zero-order chi connectivity index (χ0) is 18.6. The second-order valence-electron chi connectivity index (χ2n) is 5.81. The van der Waals surface area contributed by atoms with Crippen LogP contribution < -0.4 is 0 Å². The van der Waals surface area contributed by atoms with E-state index in [1.165, 1.54) is 18.2 Å². The van der Waals surface area contributed by atoms with Crippen LogP contribution in [-0.4, -0.2) is 15.0 Å². The summed E-state index contributed by atoms with van der Waals surface area (Å²) in [7, 11) is 0. The van der Waals surface area contributed by atoms with Crippen LogP contribution in [0.1, 0.15) is 0 Å². The molecule has 0 amide bonds. The predicted octanol–water partition coefficient (Wildman–Crippen LogP) is 5.56. The molecule has 0 aliphatic rings. The average Bonchev–Trinajstić information content (AvgIpc) is 2.74. The number of rotatable bonds is 3. The maximum Gasteiger partial charge on any atom is 0.200 e. The van der Waals surface area contributed by atoms with E-state index in [9.17, 15) is 4.39 Å². The van der Waals surface area contributed by atoms with Crippen LogP contribution in [0.15, 0.2) is 78.9 Å². The molecule has 5 heteroatoms. The van der Waals surface area contributed by atoms with Gasteiger partial charge in [0, 0.05) is 16.7 Å². The van der Waals surface area contributed by atoms with E-state index in [2.05, 4.69) is 19.8 Å². The summed E-state index contributed by atoms with van der Waals surface area (Å²) in [5.41, 5.74) is 2.32. The van der Waals surface area contributed by atoms with E-state index in [4.69, 9.17) is 6.57 Å². The van der Waals surface area contributed by atoms with Gasteiger partial charge in [0.1, 0.15) is 5.82 Å². The van der Waals surface area contributed by atoms with E-state index in [1.807, 2.05) is 60.7 Å². The fourth-order valence-corrected chi connectivity index (χ4v) is 2.72. The Hall–Kier alpha value is -3.91. The van der Waals surface area contributed by atoms with E-state index in [0.717, 1.165) is 11.1 Å². The van der Waals surface area contributed by atoms with E-state index in [-0.39, 0.29) is 5.69 Å². The third-order valence-corrected chi connectivity index (χ3v) is 4.02. The maximum atomic E-state index is 13.5. The first-order valence-corrected chi connectivity index (χ1v) is 8.29. The normalized spacial score (nSPS) is 10.4. The van der Waals surface area contributed by atoms with Crippen molar-refractivity contribution in [3.05, 3.63) is 96.1 Å². The Morgan fingerprint density at radius 3 is 1.70 bits per heavy atom. The van der Waals surface area contributed by atoms with Gasteiger partial charge in [0.25, 0.3) is 0 Å². The Bertz CT molecular complexity index is 1080. The molecule has 4 rings (SSSR count). The minimum atomic E-state index is -0.467. The van der Waals surface area contributed by atoms with Gasteiger partial charge in [0.05, 0.1) is 6.57 Å². The second-order valence-corrected chi connectivity index (χ2v) is 5.81. The van der Waals surface area contributed by atoms with Gasteiger partial charge in [-0.15, -0.1) is 0 Å². The Labute approximate surface area is 155 Å². The molecule has 0 radical (unpaired) electrons. The van der Waals surface area contributed by atoms with Crippen molar-refractivity contribution >= 4 is 5.69 Å². The van der Waals surface area contributed by atoms with Crippen LogP contribution in [0.2, 0.25) is 0 Å².